The number of methoxy groups -OCH3 is 1. The van der Waals surface area contributed by atoms with E-state index in [9.17, 15) is 14.2 Å². The lowest BCUT2D eigenvalue weighted by atomic mass is 10.4. The lowest BCUT2D eigenvalue weighted by Crippen LogP contribution is -2.43. The van der Waals surface area contributed by atoms with Gasteiger partial charge in [0, 0.05) is 7.11 Å². The quantitative estimate of drug-likeness (QED) is 0.452. The molecule has 0 aliphatic carbocycles. The van der Waals surface area contributed by atoms with Crippen molar-refractivity contribution in [3.05, 3.63) is 0 Å². The number of carbonyl (C=O) groups excluding carboxylic acids is 2. The Bertz CT molecular complexity index is 407. The SMILES string of the molecule is COCP(=O)(N[C@@H](C)C(=O)OC(C)C)N[C@@H](C)C(=O)OC(C)C. The van der Waals surface area contributed by atoms with Crippen LogP contribution >= 0.6 is 7.44 Å². The molecule has 0 rings (SSSR count). The molecule has 0 aromatic carbocycles. The van der Waals surface area contributed by atoms with Crippen molar-refractivity contribution >= 4 is 19.4 Å². The number of hydrogen-bond donors (Lipinski definition) is 2. The maximum Gasteiger partial charge on any atom is 0.323 e. The first-order valence-corrected chi connectivity index (χ1v) is 9.44. The van der Waals surface area contributed by atoms with Crippen LogP contribution in [0.25, 0.3) is 0 Å². The largest absolute Gasteiger partial charge is 0.462 e. The van der Waals surface area contributed by atoms with Gasteiger partial charge in [0.15, 0.2) is 0 Å². The second kappa shape index (κ2) is 10.0. The molecule has 0 saturated heterocycles. The van der Waals surface area contributed by atoms with Gasteiger partial charge in [-0.25, -0.2) is 10.2 Å². The molecule has 0 fully saturated rings. The molecule has 0 unspecified atom stereocenters. The molecule has 0 saturated carbocycles. The number of hydrogen-bond acceptors (Lipinski definition) is 6. The molecule has 2 N–H and O–H groups in total. The van der Waals surface area contributed by atoms with E-state index >= 15 is 0 Å². The number of rotatable bonds is 10. The highest BCUT2D eigenvalue weighted by atomic mass is 31.2. The van der Waals surface area contributed by atoms with Crippen molar-refractivity contribution in [2.45, 2.75) is 65.8 Å². The Hall–Kier alpha value is -0.950. The zero-order valence-electron chi connectivity index (χ0n) is 14.9. The van der Waals surface area contributed by atoms with Gasteiger partial charge < -0.3 is 14.2 Å². The fourth-order valence-corrected chi connectivity index (χ4v) is 3.74. The second-order valence-corrected chi connectivity index (χ2v) is 8.08. The van der Waals surface area contributed by atoms with Crippen molar-refractivity contribution in [3.8, 4) is 0 Å². The summed E-state index contributed by atoms with van der Waals surface area (Å²) >= 11 is 0. The Morgan fingerprint density at radius 3 is 1.48 bits per heavy atom. The molecule has 0 aliphatic rings. The zero-order valence-corrected chi connectivity index (χ0v) is 15.8. The van der Waals surface area contributed by atoms with Crippen LogP contribution in [-0.2, 0) is 28.4 Å². The predicted octanol–water partition coefficient (Wildman–Crippen LogP) is 1.64. The first-order chi connectivity index (χ1) is 10.5. The van der Waals surface area contributed by atoms with Gasteiger partial charge in [-0.15, -0.1) is 0 Å². The molecule has 136 valence electrons. The van der Waals surface area contributed by atoms with Crippen LogP contribution in [0.4, 0.5) is 0 Å². The van der Waals surface area contributed by atoms with Gasteiger partial charge in [-0.2, -0.15) is 0 Å². The standard InChI is InChI=1S/C14H29N2O6P/c1-9(2)21-13(17)11(5)15-23(19,8-20-7)16-12(6)14(18)22-10(3)4/h9-12H,8H2,1-7H3,(H2,15,16,19)/t11-,12-/m0/s1. The molecular weight excluding hydrogens is 323 g/mol. The first kappa shape index (κ1) is 22.1. The van der Waals surface area contributed by atoms with E-state index in [0.29, 0.717) is 0 Å². The molecule has 0 bridgehead atoms. The van der Waals surface area contributed by atoms with Crippen molar-refractivity contribution < 1.29 is 28.4 Å². The van der Waals surface area contributed by atoms with Crippen LogP contribution in [0.2, 0.25) is 0 Å². The van der Waals surface area contributed by atoms with Gasteiger partial charge in [-0.1, -0.05) is 0 Å². The van der Waals surface area contributed by atoms with E-state index in [4.69, 9.17) is 14.2 Å². The molecular formula is C14H29N2O6P. The minimum absolute atomic E-state index is 0.189. The molecule has 9 heteroatoms. The summed E-state index contributed by atoms with van der Waals surface area (Å²) in [6, 6.07) is -1.64. The third-order valence-corrected chi connectivity index (χ3v) is 4.76. The Morgan fingerprint density at radius 2 is 1.22 bits per heavy atom. The van der Waals surface area contributed by atoms with Gasteiger partial charge in [0.2, 0.25) is 7.44 Å². The van der Waals surface area contributed by atoms with Crippen LogP contribution in [0, 0.1) is 0 Å². The van der Waals surface area contributed by atoms with Crippen LogP contribution in [0.1, 0.15) is 41.5 Å². The normalized spacial score (nSPS) is 14.7. The Kier molecular flexibility index (Phi) is 9.61. The van der Waals surface area contributed by atoms with E-state index in [0.717, 1.165) is 0 Å². The monoisotopic (exact) mass is 352 g/mol. The van der Waals surface area contributed by atoms with E-state index in [-0.39, 0.29) is 18.6 Å². The summed E-state index contributed by atoms with van der Waals surface area (Å²) in [5, 5.41) is 5.35. The molecule has 0 aliphatic heterocycles. The van der Waals surface area contributed by atoms with Crippen molar-refractivity contribution in [3.63, 3.8) is 0 Å². The highest BCUT2D eigenvalue weighted by molar-refractivity contribution is 7.59. The molecule has 2 atom stereocenters. The minimum Gasteiger partial charge on any atom is -0.462 e. The summed E-state index contributed by atoms with van der Waals surface area (Å²) in [4.78, 5) is 23.7. The highest BCUT2D eigenvalue weighted by Crippen LogP contribution is 2.37. The van der Waals surface area contributed by atoms with Gasteiger partial charge >= 0.3 is 11.9 Å². The number of esters is 2. The summed E-state index contributed by atoms with van der Waals surface area (Å²) in [6.07, 6.45) is -0.742. The van der Waals surface area contributed by atoms with Gasteiger partial charge in [0.25, 0.3) is 0 Å². The summed E-state index contributed by atoms with van der Waals surface area (Å²) in [5.74, 6) is -1.06. The molecule has 0 spiro atoms. The number of ether oxygens (including phenoxy) is 3. The maximum atomic E-state index is 12.9. The Labute approximate surface area is 138 Å². The number of carbonyl (C=O) groups is 2. The molecule has 0 aromatic heterocycles. The van der Waals surface area contributed by atoms with Gasteiger partial charge in [0.1, 0.15) is 18.4 Å². The molecule has 0 heterocycles. The van der Waals surface area contributed by atoms with Crippen LogP contribution in [0.3, 0.4) is 0 Å². The van der Waals surface area contributed by atoms with E-state index in [1.165, 1.54) is 21.0 Å². The van der Waals surface area contributed by atoms with Crippen LogP contribution in [-0.4, -0.2) is 49.7 Å². The van der Waals surface area contributed by atoms with Crippen molar-refractivity contribution in [2.75, 3.05) is 13.5 Å². The average Bonchev–Trinajstić information content (AvgIpc) is 2.36. The lowest BCUT2D eigenvalue weighted by Gasteiger charge is -2.26. The molecule has 23 heavy (non-hydrogen) atoms. The summed E-state index contributed by atoms with van der Waals surface area (Å²) in [7, 11) is -1.97. The van der Waals surface area contributed by atoms with Crippen LogP contribution in [0.15, 0.2) is 0 Å². The number of nitrogens with one attached hydrogen (secondary N) is 2. The molecule has 8 nitrogen and oxygen atoms in total. The predicted molar refractivity (Wildman–Crippen MR) is 87.1 cm³/mol. The molecule has 0 amide bonds. The van der Waals surface area contributed by atoms with Crippen molar-refractivity contribution in [2.24, 2.45) is 0 Å². The third kappa shape index (κ3) is 9.05. The van der Waals surface area contributed by atoms with E-state index in [1.807, 2.05) is 0 Å². The van der Waals surface area contributed by atoms with E-state index in [2.05, 4.69) is 10.2 Å². The second-order valence-electron chi connectivity index (χ2n) is 5.83. The topological polar surface area (TPSA) is 103 Å². The van der Waals surface area contributed by atoms with Gasteiger partial charge in [0.05, 0.1) is 12.2 Å². The zero-order chi connectivity index (χ0) is 18.2. The van der Waals surface area contributed by atoms with Crippen molar-refractivity contribution in [1.29, 1.82) is 0 Å². The molecule has 0 radical (unpaired) electrons. The average molecular weight is 352 g/mol. The van der Waals surface area contributed by atoms with Gasteiger partial charge in [-0.3, -0.25) is 14.2 Å². The summed E-state index contributed by atoms with van der Waals surface area (Å²) in [5.41, 5.74) is 0. The smallest absolute Gasteiger partial charge is 0.323 e. The summed E-state index contributed by atoms with van der Waals surface area (Å²) in [6.45, 7) is 9.96. The van der Waals surface area contributed by atoms with E-state index < -0.39 is 31.5 Å². The van der Waals surface area contributed by atoms with Crippen molar-refractivity contribution in [1.82, 2.24) is 10.2 Å². The van der Waals surface area contributed by atoms with Gasteiger partial charge in [-0.05, 0) is 41.5 Å². The first-order valence-electron chi connectivity index (χ1n) is 7.55. The van der Waals surface area contributed by atoms with E-state index in [1.54, 1.807) is 27.7 Å². The summed E-state index contributed by atoms with van der Waals surface area (Å²) < 4.78 is 27.9. The van der Waals surface area contributed by atoms with Crippen LogP contribution < -0.4 is 10.2 Å². The third-order valence-electron chi connectivity index (χ3n) is 2.53. The highest BCUT2D eigenvalue weighted by Gasteiger charge is 2.32. The Balaban J connectivity index is 4.88. The van der Waals surface area contributed by atoms with Crippen LogP contribution in [0.5, 0.6) is 0 Å². The fourth-order valence-electron chi connectivity index (χ4n) is 1.69. The molecule has 0 aromatic rings. The minimum atomic E-state index is -3.35. The lowest BCUT2D eigenvalue weighted by molar-refractivity contribution is -0.149. The Morgan fingerprint density at radius 1 is 0.870 bits per heavy atom. The fraction of sp³-hybridized carbons (Fsp3) is 0.857. The maximum absolute atomic E-state index is 12.9.